The van der Waals surface area contributed by atoms with Crippen molar-refractivity contribution in [2.45, 2.75) is 48.4 Å². The third-order valence-corrected chi connectivity index (χ3v) is 8.24. The number of carbonyl (C=O) groups excluding carboxylic acids is 1. The number of thioether (sulfide) groups is 1. The van der Waals surface area contributed by atoms with Gasteiger partial charge in [0, 0.05) is 23.5 Å². The molecule has 6 nitrogen and oxygen atoms in total. The Morgan fingerprint density at radius 2 is 1.71 bits per heavy atom. The maximum absolute atomic E-state index is 13.3. The Hall–Kier alpha value is -2.03. The molecule has 31 heavy (non-hydrogen) atoms. The SMILES string of the molecule is COc1ccc(C(=O)N[C@H](C)c2ccc(SC)cc2)cc1S(=O)(=O)N1CCCCCC1. The van der Waals surface area contributed by atoms with Crippen molar-refractivity contribution in [3.63, 3.8) is 0 Å². The summed E-state index contributed by atoms with van der Waals surface area (Å²) in [5.41, 5.74) is 1.28. The average Bonchev–Trinajstić information content (AvgIpc) is 3.09. The van der Waals surface area contributed by atoms with Crippen LogP contribution in [-0.4, -0.2) is 45.1 Å². The highest BCUT2D eigenvalue weighted by Gasteiger charge is 2.29. The lowest BCUT2D eigenvalue weighted by Gasteiger charge is -2.22. The molecule has 0 radical (unpaired) electrons. The van der Waals surface area contributed by atoms with Gasteiger partial charge in [-0.05, 0) is 61.9 Å². The van der Waals surface area contributed by atoms with Gasteiger partial charge in [-0.25, -0.2) is 8.42 Å². The minimum absolute atomic E-state index is 0.0431. The lowest BCUT2D eigenvalue weighted by molar-refractivity contribution is 0.0939. The lowest BCUT2D eigenvalue weighted by Crippen LogP contribution is -2.32. The van der Waals surface area contributed by atoms with Crippen LogP contribution in [0.3, 0.4) is 0 Å². The number of amides is 1. The van der Waals surface area contributed by atoms with E-state index in [1.54, 1.807) is 23.9 Å². The number of hydrogen-bond donors (Lipinski definition) is 1. The molecule has 0 spiro atoms. The van der Waals surface area contributed by atoms with Crippen LogP contribution in [0.2, 0.25) is 0 Å². The number of rotatable bonds is 7. The Bertz CT molecular complexity index is 999. The third kappa shape index (κ3) is 5.61. The molecule has 2 aromatic rings. The highest BCUT2D eigenvalue weighted by Crippen LogP contribution is 2.29. The minimum Gasteiger partial charge on any atom is -0.495 e. The Balaban J connectivity index is 1.84. The van der Waals surface area contributed by atoms with Crippen LogP contribution < -0.4 is 10.1 Å². The lowest BCUT2D eigenvalue weighted by atomic mass is 10.1. The zero-order chi connectivity index (χ0) is 22.4. The highest BCUT2D eigenvalue weighted by atomic mass is 32.2. The molecule has 8 heteroatoms. The number of methoxy groups -OCH3 is 1. The van der Waals surface area contributed by atoms with Crippen molar-refractivity contribution in [2.75, 3.05) is 26.5 Å². The van der Waals surface area contributed by atoms with Crippen LogP contribution in [0.15, 0.2) is 52.3 Å². The number of benzene rings is 2. The number of nitrogens with one attached hydrogen (secondary N) is 1. The van der Waals surface area contributed by atoms with E-state index >= 15 is 0 Å². The van der Waals surface area contributed by atoms with Gasteiger partial charge in [0.1, 0.15) is 10.6 Å². The summed E-state index contributed by atoms with van der Waals surface area (Å²) in [7, 11) is -2.31. The normalized spacial score (nSPS) is 16.4. The molecule has 0 aliphatic carbocycles. The molecular formula is C23H30N2O4S2. The summed E-state index contributed by atoms with van der Waals surface area (Å²) in [5.74, 6) is -0.0714. The van der Waals surface area contributed by atoms with Gasteiger partial charge in [0.05, 0.1) is 13.2 Å². The molecule has 1 amide bonds. The van der Waals surface area contributed by atoms with E-state index in [9.17, 15) is 13.2 Å². The Morgan fingerprint density at radius 1 is 1.06 bits per heavy atom. The molecule has 1 atom stereocenters. The summed E-state index contributed by atoms with van der Waals surface area (Å²) >= 11 is 1.66. The Morgan fingerprint density at radius 3 is 2.29 bits per heavy atom. The van der Waals surface area contributed by atoms with E-state index in [1.807, 2.05) is 37.4 Å². The zero-order valence-corrected chi connectivity index (χ0v) is 19.9. The smallest absolute Gasteiger partial charge is 0.251 e. The highest BCUT2D eigenvalue weighted by molar-refractivity contribution is 7.98. The van der Waals surface area contributed by atoms with Gasteiger partial charge in [0.15, 0.2) is 0 Å². The largest absolute Gasteiger partial charge is 0.495 e. The monoisotopic (exact) mass is 462 g/mol. The first-order valence-corrected chi connectivity index (χ1v) is 13.2. The summed E-state index contributed by atoms with van der Waals surface area (Å²) < 4.78 is 33.5. The van der Waals surface area contributed by atoms with Crippen LogP contribution in [0.4, 0.5) is 0 Å². The van der Waals surface area contributed by atoms with Crippen molar-refractivity contribution in [1.82, 2.24) is 9.62 Å². The van der Waals surface area contributed by atoms with Crippen LogP contribution in [0.25, 0.3) is 0 Å². The van der Waals surface area contributed by atoms with Gasteiger partial charge in [0.25, 0.3) is 5.91 Å². The van der Waals surface area contributed by atoms with Crippen LogP contribution >= 0.6 is 11.8 Å². The van der Waals surface area contributed by atoms with Crippen molar-refractivity contribution in [2.24, 2.45) is 0 Å². The molecule has 1 saturated heterocycles. The minimum atomic E-state index is -3.75. The van der Waals surface area contributed by atoms with Crippen LogP contribution in [0.1, 0.15) is 54.6 Å². The number of carbonyl (C=O) groups is 1. The predicted octanol–water partition coefficient (Wildman–Crippen LogP) is 4.47. The van der Waals surface area contributed by atoms with Gasteiger partial charge in [-0.3, -0.25) is 4.79 Å². The molecule has 1 aliphatic heterocycles. The molecular weight excluding hydrogens is 432 g/mol. The van der Waals surface area contributed by atoms with Crippen molar-refractivity contribution in [1.29, 1.82) is 0 Å². The molecule has 0 unspecified atom stereocenters. The second kappa shape index (κ2) is 10.5. The first kappa shape index (κ1) is 23.6. The molecule has 1 fully saturated rings. The van der Waals surface area contributed by atoms with Crippen molar-refractivity contribution in [3.05, 3.63) is 53.6 Å². The van der Waals surface area contributed by atoms with E-state index < -0.39 is 10.0 Å². The van der Waals surface area contributed by atoms with Crippen molar-refractivity contribution in [3.8, 4) is 5.75 Å². The van der Waals surface area contributed by atoms with E-state index in [2.05, 4.69) is 5.32 Å². The third-order valence-electron chi connectivity index (χ3n) is 5.57. The van der Waals surface area contributed by atoms with E-state index in [0.29, 0.717) is 18.7 Å². The fourth-order valence-electron chi connectivity index (χ4n) is 3.70. The van der Waals surface area contributed by atoms with Crippen molar-refractivity contribution < 1.29 is 17.9 Å². The van der Waals surface area contributed by atoms with Gasteiger partial charge in [0.2, 0.25) is 10.0 Å². The van der Waals surface area contributed by atoms with E-state index in [0.717, 1.165) is 36.1 Å². The summed E-state index contributed by atoms with van der Waals surface area (Å²) in [4.78, 5) is 14.1. The van der Waals surface area contributed by atoms with Gasteiger partial charge >= 0.3 is 0 Å². The van der Waals surface area contributed by atoms with Crippen LogP contribution in [-0.2, 0) is 10.0 Å². The molecule has 0 bridgehead atoms. The maximum Gasteiger partial charge on any atom is 0.251 e. The Kier molecular flexibility index (Phi) is 8.02. The quantitative estimate of drug-likeness (QED) is 0.615. The summed E-state index contributed by atoms with van der Waals surface area (Å²) in [6, 6.07) is 12.4. The number of ether oxygens (including phenoxy) is 1. The Labute approximate surface area is 189 Å². The fraction of sp³-hybridized carbons (Fsp3) is 0.435. The van der Waals surface area contributed by atoms with E-state index in [1.165, 1.54) is 17.5 Å². The second-order valence-electron chi connectivity index (χ2n) is 7.65. The maximum atomic E-state index is 13.3. The van der Waals surface area contributed by atoms with E-state index in [-0.39, 0.29) is 22.6 Å². The summed E-state index contributed by atoms with van der Waals surface area (Å²) in [5, 5.41) is 2.96. The molecule has 0 saturated carbocycles. The molecule has 1 heterocycles. The van der Waals surface area contributed by atoms with Gasteiger partial charge in [-0.2, -0.15) is 4.31 Å². The van der Waals surface area contributed by atoms with Crippen LogP contribution in [0, 0.1) is 0 Å². The molecule has 2 aromatic carbocycles. The first-order valence-electron chi connectivity index (χ1n) is 10.5. The number of nitrogens with zero attached hydrogens (tertiary/aromatic N) is 1. The molecule has 3 rings (SSSR count). The van der Waals surface area contributed by atoms with Gasteiger partial charge in [-0.1, -0.05) is 25.0 Å². The first-order chi connectivity index (χ1) is 14.9. The second-order valence-corrected chi connectivity index (χ2v) is 10.4. The number of sulfonamides is 1. The van der Waals surface area contributed by atoms with Gasteiger partial charge < -0.3 is 10.1 Å². The van der Waals surface area contributed by atoms with Crippen LogP contribution in [0.5, 0.6) is 5.75 Å². The topological polar surface area (TPSA) is 75.7 Å². The zero-order valence-electron chi connectivity index (χ0n) is 18.3. The molecule has 1 N–H and O–H groups in total. The summed E-state index contributed by atoms with van der Waals surface area (Å²) in [6.45, 7) is 2.89. The average molecular weight is 463 g/mol. The van der Waals surface area contributed by atoms with E-state index in [4.69, 9.17) is 4.74 Å². The predicted molar refractivity (Wildman–Crippen MR) is 124 cm³/mol. The fourth-order valence-corrected chi connectivity index (χ4v) is 5.80. The standard InChI is InChI=1S/C23H30N2O4S2/c1-17(18-8-11-20(30-3)12-9-18)24-23(26)19-10-13-21(29-2)22(16-19)31(27,28)25-14-6-4-5-7-15-25/h8-13,16-17H,4-7,14-15H2,1-3H3,(H,24,26)/t17-/m1/s1. The summed E-state index contributed by atoms with van der Waals surface area (Å²) in [6.07, 6.45) is 5.76. The molecule has 168 valence electrons. The number of hydrogen-bond acceptors (Lipinski definition) is 5. The molecule has 1 aliphatic rings. The van der Waals surface area contributed by atoms with Crippen molar-refractivity contribution >= 4 is 27.7 Å². The van der Waals surface area contributed by atoms with Gasteiger partial charge in [-0.15, -0.1) is 11.8 Å². The molecule has 0 aromatic heterocycles.